The normalized spacial score (nSPS) is 13.2. The summed E-state index contributed by atoms with van der Waals surface area (Å²) in [6.45, 7) is 12.2. The van der Waals surface area contributed by atoms with Crippen LogP contribution in [0, 0.1) is 0 Å². The molecule has 1 aromatic carbocycles. The summed E-state index contributed by atoms with van der Waals surface area (Å²) >= 11 is 0. The van der Waals surface area contributed by atoms with Crippen LogP contribution in [0.25, 0.3) is 6.08 Å². The van der Waals surface area contributed by atoms with E-state index in [9.17, 15) is 0 Å². The summed E-state index contributed by atoms with van der Waals surface area (Å²) in [6, 6.07) is 10.0. The first-order chi connectivity index (χ1) is 8.13. The summed E-state index contributed by atoms with van der Waals surface area (Å²) < 4.78 is 5.55. The smallest absolute Gasteiger partial charge is 0.0548 e. The van der Waals surface area contributed by atoms with Gasteiger partial charge in [0.1, 0.15) is 0 Å². The molecule has 1 aromatic rings. The number of hydrogen-bond acceptors (Lipinski definition) is 1. The molecule has 0 fully saturated rings. The molecule has 2 unspecified atom stereocenters. The van der Waals surface area contributed by atoms with Crippen molar-refractivity contribution in [2.75, 3.05) is 0 Å². The minimum atomic E-state index is 0.431. The summed E-state index contributed by atoms with van der Waals surface area (Å²) in [4.78, 5) is 0. The standard InChI is InChI=1S/C8H18O.C8H8/c1-5-7(3)9-8(4)6-2;1-2-8-6-4-3-5-7-8/h7-8H,5-6H2,1-4H3;2-7H,1H2. The highest BCUT2D eigenvalue weighted by atomic mass is 16.5. The first-order valence-electron chi connectivity index (χ1n) is 6.46. The fraction of sp³-hybridized carbons (Fsp3) is 0.500. The molecule has 0 saturated carbocycles. The first-order valence-corrected chi connectivity index (χ1v) is 6.46. The van der Waals surface area contributed by atoms with Crippen molar-refractivity contribution in [3.05, 3.63) is 42.5 Å². The van der Waals surface area contributed by atoms with Crippen molar-refractivity contribution in [3.8, 4) is 0 Å². The largest absolute Gasteiger partial charge is 0.376 e. The predicted molar refractivity (Wildman–Crippen MR) is 77.1 cm³/mol. The van der Waals surface area contributed by atoms with Crippen LogP contribution in [0.4, 0.5) is 0 Å². The Morgan fingerprint density at radius 1 is 1.06 bits per heavy atom. The molecule has 0 aliphatic rings. The highest BCUT2D eigenvalue weighted by molar-refractivity contribution is 5.45. The van der Waals surface area contributed by atoms with Crippen molar-refractivity contribution in [1.82, 2.24) is 0 Å². The van der Waals surface area contributed by atoms with E-state index in [4.69, 9.17) is 4.74 Å². The van der Waals surface area contributed by atoms with Crippen molar-refractivity contribution in [1.29, 1.82) is 0 Å². The van der Waals surface area contributed by atoms with E-state index in [0.717, 1.165) is 12.8 Å². The van der Waals surface area contributed by atoms with Crippen LogP contribution in [-0.2, 0) is 4.74 Å². The van der Waals surface area contributed by atoms with Crippen LogP contribution in [0.1, 0.15) is 46.1 Å². The second-order valence-electron chi connectivity index (χ2n) is 4.19. The molecule has 0 saturated heterocycles. The summed E-state index contributed by atoms with van der Waals surface area (Å²) in [7, 11) is 0. The van der Waals surface area contributed by atoms with Crippen molar-refractivity contribution in [2.45, 2.75) is 52.7 Å². The fourth-order valence-corrected chi connectivity index (χ4v) is 1.18. The van der Waals surface area contributed by atoms with Gasteiger partial charge in [0.15, 0.2) is 0 Å². The molecular formula is C16H26O. The minimum absolute atomic E-state index is 0.431. The lowest BCUT2D eigenvalue weighted by Gasteiger charge is -2.15. The fourth-order valence-electron chi connectivity index (χ4n) is 1.18. The van der Waals surface area contributed by atoms with E-state index in [0.29, 0.717) is 12.2 Å². The second kappa shape index (κ2) is 10.1. The molecular weight excluding hydrogens is 208 g/mol. The molecule has 17 heavy (non-hydrogen) atoms. The van der Waals surface area contributed by atoms with Crippen LogP contribution < -0.4 is 0 Å². The van der Waals surface area contributed by atoms with Crippen LogP contribution in [0.2, 0.25) is 0 Å². The summed E-state index contributed by atoms with van der Waals surface area (Å²) in [6.07, 6.45) is 4.93. The second-order valence-corrected chi connectivity index (χ2v) is 4.19. The molecule has 2 atom stereocenters. The maximum absolute atomic E-state index is 5.55. The molecule has 0 bridgehead atoms. The highest BCUT2D eigenvalue weighted by Gasteiger charge is 2.02. The summed E-state index contributed by atoms with van der Waals surface area (Å²) in [5.41, 5.74) is 1.17. The average molecular weight is 234 g/mol. The van der Waals surface area contributed by atoms with Gasteiger partial charge in [-0.2, -0.15) is 0 Å². The van der Waals surface area contributed by atoms with E-state index >= 15 is 0 Å². The molecule has 1 rings (SSSR count). The summed E-state index contributed by atoms with van der Waals surface area (Å²) in [5, 5.41) is 0. The van der Waals surface area contributed by atoms with Gasteiger partial charge >= 0.3 is 0 Å². The van der Waals surface area contributed by atoms with Gasteiger partial charge in [-0.1, -0.05) is 56.8 Å². The molecule has 96 valence electrons. The molecule has 0 spiro atoms. The molecule has 0 aliphatic carbocycles. The SMILES string of the molecule is C=Cc1ccccc1.CCC(C)OC(C)CC. The zero-order chi connectivity index (χ0) is 13.1. The molecule has 0 radical (unpaired) electrons. The van der Waals surface area contributed by atoms with Crippen LogP contribution in [0.3, 0.4) is 0 Å². The lowest BCUT2D eigenvalue weighted by molar-refractivity contribution is 0.00511. The first kappa shape index (κ1) is 15.9. The molecule has 1 nitrogen and oxygen atoms in total. The van der Waals surface area contributed by atoms with Crippen molar-refractivity contribution in [3.63, 3.8) is 0 Å². The van der Waals surface area contributed by atoms with Crippen LogP contribution >= 0.6 is 0 Å². The Balaban J connectivity index is 0.000000302. The topological polar surface area (TPSA) is 9.23 Å². The third kappa shape index (κ3) is 8.70. The lowest BCUT2D eigenvalue weighted by Crippen LogP contribution is -2.14. The summed E-state index contributed by atoms with van der Waals surface area (Å²) in [5.74, 6) is 0. The van der Waals surface area contributed by atoms with Crippen LogP contribution in [0.5, 0.6) is 0 Å². The molecule has 0 aliphatic heterocycles. The van der Waals surface area contributed by atoms with Gasteiger partial charge in [0.05, 0.1) is 12.2 Å². The quantitative estimate of drug-likeness (QED) is 0.702. The Bertz CT molecular complexity index is 271. The Labute approximate surface area is 107 Å². The van der Waals surface area contributed by atoms with Gasteiger partial charge in [0.25, 0.3) is 0 Å². The number of hydrogen-bond donors (Lipinski definition) is 0. The number of rotatable bonds is 5. The third-order valence-corrected chi connectivity index (χ3v) is 2.65. The van der Waals surface area contributed by atoms with Crippen molar-refractivity contribution in [2.24, 2.45) is 0 Å². The highest BCUT2D eigenvalue weighted by Crippen LogP contribution is 2.03. The van der Waals surface area contributed by atoms with Gasteiger partial charge in [-0.15, -0.1) is 0 Å². The number of benzene rings is 1. The van der Waals surface area contributed by atoms with Gasteiger partial charge < -0.3 is 4.74 Å². The average Bonchev–Trinajstić information content (AvgIpc) is 2.40. The van der Waals surface area contributed by atoms with E-state index in [1.54, 1.807) is 0 Å². The van der Waals surface area contributed by atoms with E-state index in [2.05, 4.69) is 34.3 Å². The maximum atomic E-state index is 5.55. The molecule has 1 heteroatoms. The Hall–Kier alpha value is -1.08. The van der Waals surface area contributed by atoms with Crippen molar-refractivity contribution >= 4 is 6.08 Å². The third-order valence-electron chi connectivity index (χ3n) is 2.65. The lowest BCUT2D eigenvalue weighted by atomic mass is 10.2. The number of ether oxygens (including phenoxy) is 1. The minimum Gasteiger partial charge on any atom is -0.376 e. The maximum Gasteiger partial charge on any atom is 0.0548 e. The van der Waals surface area contributed by atoms with E-state index in [-0.39, 0.29) is 0 Å². The van der Waals surface area contributed by atoms with Gasteiger partial charge in [0.2, 0.25) is 0 Å². The predicted octanol–water partition coefficient (Wildman–Crippen LogP) is 4.93. The van der Waals surface area contributed by atoms with Gasteiger partial charge in [0, 0.05) is 0 Å². The van der Waals surface area contributed by atoms with E-state index < -0.39 is 0 Å². The Kier molecular flexibility index (Phi) is 9.46. The molecule has 0 amide bonds. The van der Waals surface area contributed by atoms with Gasteiger partial charge in [-0.05, 0) is 32.3 Å². The molecule has 0 heterocycles. The van der Waals surface area contributed by atoms with E-state index in [1.807, 2.05) is 36.4 Å². The van der Waals surface area contributed by atoms with Crippen LogP contribution in [0.15, 0.2) is 36.9 Å². The Morgan fingerprint density at radius 2 is 1.53 bits per heavy atom. The zero-order valence-corrected chi connectivity index (χ0v) is 11.6. The van der Waals surface area contributed by atoms with Crippen molar-refractivity contribution < 1.29 is 4.74 Å². The zero-order valence-electron chi connectivity index (χ0n) is 11.6. The van der Waals surface area contributed by atoms with Crippen LogP contribution in [-0.4, -0.2) is 12.2 Å². The molecule has 0 aromatic heterocycles. The van der Waals surface area contributed by atoms with Gasteiger partial charge in [-0.25, -0.2) is 0 Å². The van der Waals surface area contributed by atoms with Gasteiger partial charge in [-0.3, -0.25) is 0 Å². The molecule has 0 N–H and O–H groups in total. The monoisotopic (exact) mass is 234 g/mol. The Morgan fingerprint density at radius 3 is 1.82 bits per heavy atom. The van der Waals surface area contributed by atoms with E-state index in [1.165, 1.54) is 5.56 Å².